The number of halogens is 1. The number of carbonyl (C=O) groups is 1. The van der Waals surface area contributed by atoms with E-state index in [2.05, 4.69) is 28.7 Å². The SMILES string of the molecule is CO/N=C(/N)c1ccc(CNC(=O)c2ccc3c(c2)[C@@H]2O[C@H]3c3ccc(-c4ccc(Cl)s4)cc32)cc1. The second kappa shape index (κ2) is 9.09. The molecule has 180 valence electrons. The third-order valence-electron chi connectivity index (χ3n) is 6.59. The molecule has 2 aliphatic rings. The first-order valence-corrected chi connectivity index (χ1v) is 12.6. The van der Waals surface area contributed by atoms with Gasteiger partial charge in [0.05, 0.1) is 4.34 Å². The molecule has 3 heterocycles. The summed E-state index contributed by atoms with van der Waals surface area (Å²) in [6.45, 7) is 0.398. The van der Waals surface area contributed by atoms with Crippen molar-refractivity contribution in [1.29, 1.82) is 0 Å². The average molecular weight is 516 g/mol. The molecule has 36 heavy (non-hydrogen) atoms. The molecule has 2 atom stereocenters. The summed E-state index contributed by atoms with van der Waals surface area (Å²) in [6, 6.07) is 23.7. The van der Waals surface area contributed by atoms with Crippen LogP contribution >= 0.6 is 22.9 Å². The summed E-state index contributed by atoms with van der Waals surface area (Å²) in [4.78, 5) is 18.8. The highest BCUT2D eigenvalue weighted by Crippen LogP contribution is 2.55. The molecule has 2 aliphatic heterocycles. The van der Waals surface area contributed by atoms with E-state index in [1.165, 1.54) is 12.7 Å². The maximum atomic E-state index is 13.0. The van der Waals surface area contributed by atoms with Crippen LogP contribution in [0.1, 0.15) is 55.9 Å². The quantitative estimate of drug-likeness (QED) is 0.193. The van der Waals surface area contributed by atoms with E-state index in [-0.39, 0.29) is 18.1 Å². The Bertz CT molecular complexity index is 1510. The standard InChI is InChI=1S/C28H22ClN3O3S/c1-34-32-27(30)16-4-2-15(3-5-16)14-31-28(33)18-7-9-20-22(13-18)26-21-12-17(23-10-11-24(29)36-23)6-8-19(21)25(20)35-26/h2-13,25-26H,14H2,1H3,(H2,30,32)(H,31,33)/t25-,26+/m0/s1. The number of amides is 1. The zero-order valence-electron chi connectivity index (χ0n) is 19.3. The van der Waals surface area contributed by atoms with Crippen LogP contribution < -0.4 is 11.1 Å². The Kier molecular flexibility index (Phi) is 5.76. The number of nitrogens with two attached hydrogens (primary N) is 1. The summed E-state index contributed by atoms with van der Waals surface area (Å²) < 4.78 is 7.11. The number of fused-ring (bicyclic) bond motifs is 8. The third kappa shape index (κ3) is 3.95. The lowest BCUT2D eigenvalue weighted by molar-refractivity contribution is 0.0857. The van der Waals surface area contributed by atoms with E-state index in [9.17, 15) is 4.79 Å². The van der Waals surface area contributed by atoms with E-state index in [1.54, 1.807) is 11.3 Å². The first-order chi connectivity index (χ1) is 17.5. The minimum atomic E-state index is -0.171. The summed E-state index contributed by atoms with van der Waals surface area (Å²) in [5, 5.41) is 6.73. The molecule has 6 rings (SSSR count). The van der Waals surface area contributed by atoms with Crippen molar-refractivity contribution in [2.45, 2.75) is 18.8 Å². The van der Waals surface area contributed by atoms with Crippen LogP contribution in [-0.2, 0) is 16.1 Å². The maximum absolute atomic E-state index is 13.0. The van der Waals surface area contributed by atoms with Gasteiger partial charge < -0.3 is 20.6 Å². The molecule has 3 aromatic carbocycles. The molecule has 6 nitrogen and oxygen atoms in total. The Morgan fingerprint density at radius 3 is 2.39 bits per heavy atom. The number of carbonyl (C=O) groups excluding carboxylic acids is 1. The summed E-state index contributed by atoms with van der Waals surface area (Å²) in [7, 11) is 1.45. The van der Waals surface area contributed by atoms with Gasteiger partial charge in [0.2, 0.25) is 0 Å². The van der Waals surface area contributed by atoms with Gasteiger partial charge in [0.1, 0.15) is 19.3 Å². The van der Waals surface area contributed by atoms with Crippen molar-refractivity contribution in [1.82, 2.24) is 5.32 Å². The largest absolute Gasteiger partial charge is 0.397 e. The van der Waals surface area contributed by atoms with E-state index in [4.69, 9.17) is 26.9 Å². The Morgan fingerprint density at radius 2 is 1.67 bits per heavy atom. The Hall–Kier alpha value is -3.65. The van der Waals surface area contributed by atoms with E-state index in [0.717, 1.165) is 42.6 Å². The van der Waals surface area contributed by atoms with Gasteiger partial charge in [0.15, 0.2) is 5.84 Å². The van der Waals surface area contributed by atoms with Gasteiger partial charge in [-0.1, -0.05) is 59.2 Å². The minimum Gasteiger partial charge on any atom is -0.397 e. The van der Waals surface area contributed by atoms with Crippen LogP contribution in [0.2, 0.25) is 4.34 Å². The first kappa shape index (κ1) is 22.8. The predicted octanol–water partition coefficient (Wildman–Crippen LogP) is 5.79. The second-order valence-electron chi connectivity index (χ2n) is 8.73. The van der Waals surface area contributed by atoms with Gasteiger partial charge in [-0.3, -0.25) is 4.79 Å². The van der Waals surface area contributed by atoms with Gasteiger partial charge in [-0.15, -0.1) is 11.3 Å². The van der Waals surface area contributed by atoms with Crippen LogP contribution in [-0.4, -0.2) is 18.9 Å². The molecular weight excluding hydrogens is 494 g/mol. The lowest BCUT2D eigenvalue weighted by Crippen LogP contribution is -2.23. The van der Waals surface area contributed by atoms with Crippen LogP contribution in [0, 0.1) is 0 Å². The third-order valence-corrected chi connectivity index (χ3v) is 7.87. The maximum Gasteiger partial charge on any atom is 0.251 e. The van der Waals surface area contributed by atoms with E-state index in [0.29, 0.717) is 17.9 Å². The van der Waals surface area contributed by atoms with E-state index < -0.39 is 0 Å². The summed E-state index contributed by atoms with van der Waals surface area (Å²) in [5.74, 6) is 0.169. The fourth-order valence-electron chi connectivity index (χ4n) is 4.84. The highest BCUT2D eigenvalue weighted by Gasteiger charge is 2.43. The lowest BCUT2D eigenvalue weighted by atomic mass is 9.84. The number of oxime groups is 1. The van der Waals surface area contributed by atoms with Crippen LogP contribution in [0.5, 0.6) is 0 Å². The molecule has 0 saturated heterocycles. The van der Waals surface area contributed by atoms with Crippen LogP contribution in [0.4, 0.5) is 0 Å². The number of hydrogen-bond donors (Lipinski definition) is 2. The van der Waals surface area contributed by atoms with Crippen molar-refractivity contribution >= 4 is 34.7 Å². The van der Waals surface area contributed by atoms with Gasteiger partial charge in [0.25, 0.3) is 5.91 Å². The fourth-order valence-corrected chi connectivity index (χ4v) is 5.88. The molecule has 1 amide bonds. The van der Waals surface area contributed by atoms with E-state index in [1.807, 2.05) is 54.6 Å². The molecule has 8 heteroatoms. The molecule has 0 aliphatic carbocycles. The predicted molar refractivity (Wildman–Crippen MR) is 141 cm³/mol. The van der Waals surface area contributed by atoms with Gasteiger partial charge >= 0.3 is 0 Å². The molecular formula is C28H22ClN3O3S. The molecule has 0 unspecified atom stereocenters. The number of benzene rings is 3. The highest BCUT2D eigenvalue weighted by atomic mass is 35.5. The second-order valence-corrected chi connectivity index (χ2v) is 10.4. The van der Waals surface area contributed by atoms with Crippen molar-refractivity contribution in [2.24, 2.45) is 10.9 Å². The molecule has 0 fully saturated rings. The van der Waals surface area contributed by atoms with Crippen molar-refractivity contribution in [2.75, 3.05) is 7.11 Å². The Labute approximate surface area is 217 Å². The van der Waals surface area contributed by atoms with Gasteiger partial charge in [-0.05, 0) is 63.7 Å². The average Bonchev–Trinajstić information content (AvgIpc) is 3.61. The highest BCUT2D eigenvalue weighted by molar-refractivity contribution is 7.19. The van der Waals surface area contributed by atoms with Crippen LogP contribution in [0.25, 0.3) is 10.4 Å². The summed E-state index contributed by atoms with van der Waals surface area (Å²) >= 11 is 7.70. The number of amidine groups is 1. The van der Waals surface area contributed by atoms with Gasteiger partial charge in [0, 0.05) is 22.5 Å². The van der Waals surface area contributed by atoms with Crippen molar-refractivity contribution in [3.63, 3.8) is 0 Å². The summed E-state index contributed by atoms with van der Waals surface area (Å²) in [6.07, 6.45) is -0.263. The van der Waals surface area contributed by atoms with Gasteiger partial charge in [-0.2, -0.15) is 0 Å². The monoisotopic (exact) mass is 515 g/mol. The fraction of sp³-hybridized carbons (Fsp3) is 0.143. The Morgan fingerprint density at radius 1 is 0.972 bits per heavy atom. The topological polar surface area (TPSA) is 85.9 Å². The molecule has 0 spiro atoms. The van der Waals surface area contributed by atoms with Gasteiger partial charge in [-0.25, -0.2) is 0 Å². The van der Waals surface area contributed by atoms with Crippen LogP contribution in [0.15, 0.2) is 78.0 Å². The van der Waals surface area contributed by atoms with Crippen LogP contribution in [0.3, 0.4) is 0 Å². The number of ether oxygens (including phenoxy) is 1. The lowest BCUT2D eigenvalue weighted by Gasteiger charge is -2.17. The Balaban J connectivity index is 1.19. The smallest absolute Gasteiger partial charge is 0.251 e. The number of hydrogen-bond acceptors (Lipinski definition) is 5. The van der Waals surface area contributed by atoms with E-state index >= 15 is 0 Å². The van der Waals surface area contributed by atoms with Crippen molar-refractivity contribution in [3.8, 4) is 10.4 Å². The molecule has 4 aromatic rings. The minimum absolute atomic E-state index is 0.0920. The van der Waals surface area contributed by atoms with Crippen molar-refractivity contribution < 1.29 is 14.4 Å². The summed E-state index contributed by atoms with van der Waals surface area (Å²) in [5.41, 5.74) is 13.8. The number of thiophene rings is 1. The zero-order chi connectivity index (χ0) is 24.8. The first-order valence-electron chi connectivity index (χ1n) is 11.4. The number of nitrogens with one attached hydrogen (secondary N) is 1. The molecule has 2 bridgehead atoms. The number of rotatable bonds is 6. The number of nitrogens with zero attached hydrogens (tertiary/aromatic N) is 1. The zero-order valence-corrected chi connectivity index (χ0v) is 20.9. The normalized spacial score (nSPS) is 17.6. The molecule has 0 saturated carbocycles. The molecule has 0 radical (unpaired) electrons. The molecule has 1 aromatic heterocycles. The van der Waals surface area contributed by atoms with Crippen molar-refractivity contribution in [3.05, 3.63) is 116 Å². The molecule has 3 N–H and O–H groups in total.